The molecule has 114 valence electrons. The fraction of sp³-hybridized carbons (Fsp3) is 1.00. The summed E-state index contributed by atoms with van der Waals surface area (Å²) in [6, 6.07) is 0.531. The van der Waals surface area contributed by atoms with E-state index >= 15 is 0 Å². The monoisotopic (exact) mass is 270 g/mol. The van der Waals surface area contributed by atoms with Crippen LogP contribution < -0.4 is 5.32 Å². The van der Waals surface area contributed by atoms with Gasteiger partial charge in [-0.1, -0.05) is 40.5 Å². The van der Waals surface area contributed by atoms with Gasteiger partial charge in [0.1, 0.15) is 0 Å². The lowest BCUT2D eigenvalue weighted by molar-refractivity contribution is -0.0477. The molecule has 1 N–H and O–H groups in total. The van der Waals surface area contributed by atoms with Crippen LogP contribution in [0.1, 0.15) is 53.4 Å². The van der Waals surface area contributed by atoms with Crippen molar-refractivity contribution in [1.29, 1.82) is 0 Å². The number of hydrogen-bond acceptors (Lipinski definition) is 3. The first-order valence-electron chi connectivity index (χ1n) is 8.24. The van der Waals surface area contributed by atoms with Crippen LogP contribution >= 0.6 is 0 Å². The molecule has 0 aliphatic carbocycles. The zero-order valence-electron chi connectivity index (χ0n) is 13.5. The maximum Gasteiger partial charge on any atom is 0.0855 e. The van der Waals surface area contributed by atoms with Crippen molar-refractivity contribution >= 4 is 0 Å². The average Bonchev–Trinajstić information content (AvgIpc) is 2.38. The number of hydrogen-bond donors (Lipinski definition) is 1. The second kappa shape index (κ2) is 9.73. The molecule has 0 aromatic carbocycles. The molecule has 2 unspecified atom stereocenters. The van der Waals surface area contributed by atoms with E-state index in [-0.39, 0.29) is 0 Å². The lowest BCUT2D eigenvalue weighted by Crippen LogP contribution is -2.52. The van der Waals surface area contributed by atoms with E-state index in [1.54, 1.807) is 0 Å². The van der Waals surface area contributed by atoms with Gasteiger partial charge in [-0.05, 0) is 31.8 Å². The number of rotatable bonds is 9. The predicted octanol–water partition coefficient (Wildman–Crippen LogP) is 2.90. The molecule has 19 heavy (non-hydrogen) atoms. The van der Waals surface area contributed by atoms with Crippen molar-refractivity contribution in [2.75, 3.05) is 32.8 Å². The third-order valence-electron chi connectivity index (χ3n) is 3.93. The highest BCUT2D eigenvalue weighted by molar-refractivity contribution is 4.83. The van der Waals surface area contributed by atoms with Crippen molar-refractivity contribution in [1.82, 2.24) is 10.2 Å². The molecule has 2 atom stereocenters. The van der Waals surface area contributed by atoms with Gasteiger partial charge in [0.05, 0.1) is 12.7 Å². The van der Waals surface area contributed by atoms with Crippen LogP contribution in [-0.2, 0) is 4.74 Å². The van der Waals surface area contributed by atoms with E-state index in [4.69, 9.17) is 4.74 Å². The molecule has 3 nitrogen and oxygen atoms in total. The van der Waals surface area contributed by atoms with Gasteiger partial charge in [-0.15, -0.1) is 0 Å². The fourth-order valence-corrected chi connectivity index (χ4v) is 2.92. The first-order chi connectivity index (χ1) is 9.17. The SMILES string of the molecule is CCCN1CCOC(C(CCCC(C)C)NCC)C1. The Morgan fingerprint density at radius 1 is 1.26 bits per heavy atom. The van der Waals surface area contributed by atoms with Crippen LogP contribution in [0.2, 0.25) is 0 Å². The summed E-state index contributed by atoms with van der Waals surface area (Å²) in [6.45, 7) is 14.4. The summed E-state index contributed by atoms with van der Waals surface area (Å²) < 4.78 is 6.02. The second-order valence-corrected chi connectivity index (χ2v) is 6.20. The van der Waals surface area contributed by atoms with Gasteiger partial charge < -0.3 is 10.1 Å². The zero-order valence-corrected chi connectivity index (χ0v) is 13.5. The summed E-state index contributed by atoms with van der Waals surface area (Å²) in [5, 5.41) is 3.64. The Morgan fingerprint density at radius 3 is 2.68 bits per heavy atom. The van der Waals surface area contributed by atoms with Gasteiger partial charge >= 0.3 is 0 Å². The number of nitrogens with one attached hydrogen (secondary N) is 1. The fourth-order valence-electron chi connectivity index (χ4n) is 2.92. The van der Waals surface area contributed by atoms with Crippen molar-refractivity contribution in [2.24, 2.45) is 5.92 Å². The third-order valence-corrected chi connectivity index (χ3v) is 3.93. The Balaban J connectivity index is 2.40. The van der Waals surface area contributed by atoms with Crippen molar-refractivity contribution in [3.05, 3.63) is 0 Å². The summed E-state index contributed by atoms with van der Waals surface area (Å²) in [5.41, 5.74) is 0. The van der Waals surface area contributed by atoms with E-state index in [1.807, 2.05) is 0 Å². The van der Waals surface area contributed by atoms with Crippen LogP contribution in [0.15, 0.2) is 0 Å². The molecule has 0 aromatic heterocycles. The largest absolute Gasteiger partial charge is 0.374 e. The van der Waals surface area contributed by atoms with Crippen molar-refractivity contribution in [3.8, 4) is 0 Å². The molecular formula is C16H34N2O. The molecule has 0 aromatic rings. The Bertz CT molecular complexity index is 219. The molecule has 1 rings (SSSR count). The van der Waals surface area contributed by atoms with Crippen molar-refractivity contribution < 1.29 is 4.74 Å². The Morgan fingerprint density at radius 2 is 2.05 bits per heavy atom. The van der Waals surface area contributed by atoms with E-state index < -0.39 is 0 Å². The van der Waals surface area contributed by atoms with Crippen molar-refractivity contribution in [2.45, 2.75) is 65.5 Å². The first-order valence-corrected chi connectivity index (χ1v) is 8.24. The molecule has 0 radical (unpaired) electrons. The van der Waals surface area contributed by atoms with Crippen LogP contribution in [0.5, 0.6) is 0 Å². The first kappa shape index (κ1) is 16.9. The van der Waals surface area contributed by atoms with Gasteiger partial charge in [-0.2, -0.15) is 0 Å². The van der Waals surface area contributed by atoms with Gasteiger partial charge in [0.2, 0.25) is 0 Å². The van der Waals surface area contributed by atoms with Crippen LogP contribution in [0.3, 0.4) is 0 Å². The molecule has 3 heteroatoms. The predicted molar refractivity (Wildman–Crippen MR) is 82.6 cm³/mol. The minimum absolute atomic E-state index is 0.382. The molecule has 0 spiro atoms. The van der Waals surface area contributed by atoms with E-state index in [1.165, 1.54) is 32.2 Å². The topological polar surface area (TPSA) is 24.5 Å². The minimum atomic E-state index is 0.382. The van der Waals surface area contributed by atoms with E-state index in [0.717, 1.165) is 32.2 Å². The number of ether oxygens (including phenoxy) is 1. The molecule has 1 aliphatic heterocycles. The highest BCUT2D eigenvalue weighted by atomic mass is 16.5. The molecule has 0 bridgehead atoms. The highest BCUT2D eigenvalue weighted by Crippen LogP contribution is 2.16. The molecule has 1 fully saturated rings. The molecule has 1 saturated heterocycles. The Kier molecular flexibility index (Phi) is 8.67. The normalized spacial score (nSPS) is 22.9. The van der Waals surface area contributed by atoms with Crippen LogP contribution in [-0.4, -0.2) is 49.8 Å². The second-order valence-electron chi connectivity index (χ2n) is 6.20. The maximum atomic E-state index is 6.02. The van der Waals surface area contributed by atoms with Crippen molar-refractivity contribution in [3.63, 3.8) is 0 Å². The lowest BCUT2D eigenvalue weighted by atomic mass is 9.98. The maximum absolute atomic E-state index is 6.02. The quantitative estimate of drug-likeness (QED) is 0.697. The summed E-state index contributed by atoms with van der Waals surface area (Å²) in [4.78, 5) is 2.56. The van der Waals surface area contributed by atoms with Gasteiger partial charge in [0.25, 0.3) is 0 Å². The smallest absolute Gasteiger partial charge is 0.0855 e. The summed E-state index contributed by atoms with van der Waals surface area (Å²) >= 11 is 0. The van der Waals surface area contributed by atoms with Gasteiger partial charge in [-0.25, -0.2) is 0 Å². The third kappa shape index (κ3) is 6.73. The van der Waals surface area contributed by atoms with E-state index in [0.29, 0.717) is 12.1 Å². The summed E-state index contributed by atoms with van der Waals surface area (Å²) in [5.74, 6) is 0.811. The average molecular weight is 270 g/mol. The lowest BCUT2D eigenvalue weighted by Gasteiger charge is -2.37. The summed E-state index contributed by atoms with van der Waals surface area (Å²) in [7, 11) is 0. The van der Waals surface area contributed by atoms with Crippen LogP contribution in [0, 0.1) is 5.92 Å². The number of likely N-dealkylation sites (N-methyl/N-ethyl adjacent to an activating group) is 1. The minimum Gasteiger partial charge on any atom is -0.374 e. The molecule has 1 heterocycles. The molecule has 0 saturated carbocycles. The van der Waals surface area contributed by atoms with Crippen LogP contribution in [0.25, 0.3) is 0 Å². The number of nitrogens with zero attached hydrogens (tertiary/aromatic N) is 1. The highest BCUT2D eigenvalue weighted by Gasteiger charge is 2.26. The van der Waals surface area contributed by atoms with Crippen LogP contribution in [0.4, 0.5) is 0 Å². The van der Waals surface area contributed by atoms with Gasteiger partial charge in [0.15, 0.2) is 0 Å². The standard InChI is InChI=1S/C16H34N2O/c1-5-10-18-11-12-19-16(13-18)15(17-6-2)9-7-8-14(3)4/h14-17H,5-13H2,1-4H3. The summed E-state index contributed by atoms with van der Waals surface area (Å²) in [6.07, 6.45) is 5.51. The molecule has 1 aliphatic rings. The Labute approximate surface area is 120 Å². The molecule has 0 amide bonds. The van der Waals surface area contributed by atoms with Gasteiger partial charge in [0, 0.05) is 19.1 Å². The Hall–Kier alpha value is -0.120. The van der Waals surface area contributed by atoms with E-state index in [9.17, 15) is 0 Å². The zero-order chi connectivity index (χ0) is 14.1. The van der Waals surface area contributed by atoms with Gasteiger partial charge in [-0.3, -0.25) is 4.90 Å². The van der Waals surface area contributed by atoms with E-state index in [2.05, 4.69) is 37.9 Å². The molecular weight excluding hydrogens is 236 g/mol. The number of morpholine rings is 1.